The van der Waals surface area contributed by atoms with E-state index < -0.39 is 0 Å². The minimum atomic E-state index is 0.124. The molecular weight excluding hydrogens is 194 g/mol. The Labute approximate surface area is 89.2 Å². The van der Waals surface area contributed by atoms with Crippen LogP contribution in [0.15, 0.2) is 4.42 Å². The van der Waals surface area contributed by atoms with Crippen LogP contribution < -0.4 is 5.32 Å². The van der Waals surface area contributed by atoms with Crippen molar-refractivity contribution in [2.24, 2.45) is 0 Å². The molecule has 1 aromatic rings. The first kappa shape index (κ1) is 10.6. The average molecular weight is 211 g/mol. The van der Waals surface area contributed by atoms with E-state index in [9.17, 15) is 0 Å². The Bertz CT molecular complexity index is 307. The molecule has 0 spiro atoms. The van der Waals surface area contributed by atoms with Gasteiger partial charge >= 0.3 is 0 Å². The predicted molar refractivity (Wildman–Crippen MR) is 54.6 cm³/mol. The van der Waals surface area contributed by atoms with Gasteiger partial charge in [0.15, 0.2) is 0 Å². The van der Waals surface area contributed by atoms with Gasteiger partial charge in [-0.2, -0.15) is 0 Å². The SMILES string of the molecule is CCNC(C)c1nnc(C2CCOC2)o1. The Kier molecular flexibility index (Phi) is 3.33. The Hall–Kier alpha value is -0.940. The van der Waals surface area contributed by atoms with Crippen LogP contribution in [0.3, 0.4) is 0 Å². The van der Waals surface area contributed by atoms with Gasteiger partial charge in [0.1, 0.15) is 0 Å². The van der Waals surface area contributed by atoms with Gasteiger partial charge in [-0.3, -0.25) is 0 Å². The second-order valence-electron chi connectivity index (χ2n) is 3.82. The molecule has 0 radical (unpaired) electrons. The van der Waals surface area contributed by atoms with Gasteiger partial charge in [0, 0.05) is 6.61 Å². The highest BCUT2D eigenvalue weighted by Gasteiger charge is 2.24. The predicted octanol–water partition coefficient (Wildman–Crippen LogP) is 1.24. The zero-order valence-corrected chi connectivity index (χ0v) is 9.19. The summed E-state index contributed by atoms with van der Waals surface area (Å²) in [5.41, 5.74) is 0. The Balaban J connectivity index is 2.02. The van der Waals surface area contributed by atoms with Gasteiger partial charge < -0.3 is 14.5 Å². The number of ether oxygens (including phenoxy) is 1. The van der Waals surface area contributed by atoms with Crippen molar-refractivity contribution in [3.05, 3.63) is 11.8 Å². The first-order chi connectivity index (χ1) is 7.31. The van der Waals surface area contributed by atoms with E-state index >= 15 is 0 Å². The quantitative estimate of drug-likeness (QED) is 0.812. The standard InChI is InChI=1S/C10H17N3O2/c1-3-11-7(2)9-12-13-10(15-9)8-4-5-14-6-8/h7-8,11H,3-6H2,1-2H3. The van der Waals surface area contributed by atoms with E-state index in [4.69, 9.17) is 9.15 Å². The van der Waals surface area contributed by atoms with Crippen LogP contribution >= 0.6 is 0 Å². The Morgan fingerprint density at radius 1 is 1.53 bits per heavy atom. The van der Waals surface area contributed by atoms with Crippen molar-refractivity contribution in [2.45, 2.75) is 32.2 Å². The first-order valence-electron chi connectivity index (χ1n) is 5.45. The summed E-state index contributed by atoms with van der Waals surface area (Å²) < 4.78 is 10.9. The highest BCUT2D eigenvalue weighted by molar-refractivity contribution is 4.95. The molecule has 0 aromatic carbocycles. The minimum absolute atomic E-state index is 0.124. The molecule has 5 nitrogen and oxygen atoms in total. The average Bonchev–Trinajstić information content (AvgIpc) is 2.89. The van der Waals surface area contributed by atoms with Crippen molar-refractivity contribution >= 4 is 0 Å². The smallest absolute Gasteiger partial charge is 0.233 e. The van der Waals surface area contributed by atoms with Crippen molar-refractivity contribution in [1.29, 1.82) is 0 Å². The Morgan fingerprint density at radius 2 is 2.40 bits per heavy atom. The molecule has 1 aliphatic rings. The number of hydrogen-bond acceptors (Lipinski definition) is 5. The summed E-state index contributed by atoms with van der Waals surface area (Å²) in [5.74, 6) is 1.67. The summed E-state index contributed by atoms with van der Waals surface area (Å²) in [5, 5.41) is 11.3. The largest absolute Gasteiger partial charge is 0.423 e. The molecule has 15 heavy (non-hydrogen) atoms. The van der Waals surface area contributed by atoms with E-state index in [0.29, 0.717) is 24.3 Å². The fraction of sp³-hybridized carbons (Fsp3) is 0.800. The summed E-state index contributed by atoms with van der Waals surface area (Å²) in [6, 6.07) is 0.124. The van der Waals surface area contributed by atoms with Crippen LogP contribution in [0.25, 0.3) is 0 Å². The van der Waals surface area contributed by atoms with Crippen molar-refractivity contribution in [3.8, 4) is 0 Å². The fourth-order valence-corrected chi connectivity index (χ4v) is 1.71. The number of nitrogens with zero attached hydrogens (tertiary/aromatic N) is 2. The Morgan fingerprint density at radius 3 is 3.07 bits per heavy atom. The molecule has 1 saturated heterocycles. The van der Waals surface area contributed by atoms with Gasteiger partial charge in [0.05, 0.1) is 18.6 Å². The van der Waals surface area contributed by atoms with E-state index in [1.54, 1.807) is 0 Å². The maximum absolute atomic E-state index is 5.62. The number of nitrogens with one attached hydrogen (secondary N) is 1. The normalized spacial score (nSPS) is 23.2. The summed E-state index contributed by atoms with van der Waals surface area (Å²) in [6.07, 6.45) is 0.983. The van der Waals surface area contributed by atoms with Crippen molar-refractivity contribution in [1.82, 2.24) is 15.5 Å². The zero-order valence-electron chi connectivity index (χ0n) is 9.19. The molecule has 2 unspecified atom stereocenters. The van der Waals surface area contributed by atoms with Crippen molar-refractivity contribution < 1.29 is 9.15 Å². The fourth-order valence-electron chi connectivity index (χ4n) is 1.71. The van der Waals surface area contributed by atoms with E-state index in [-0.39, 0.29) is 6.04 Å². The first-order valence-corrected chi connectivity index (χ1v) is 5.45. The highest BCUT2D eigenvalue weighted by Crippen LogP contribution is 2.24. The van der Waals surface area contributed by atoms with Crippen molar-refractivity contribution in [2.75, 3.05) is 19.8 Å². The van der Waals surface area contributed by atoms with Gasteiger partial charge in [-0.05, 0) is 19.9 Å². The molecular formula is C10H17N3O2. The molecule has 2 atom stereocenters. The monoisotopic (exact) mass is 211 g/mol. The van der Waals surface area contributed by atoms with E-state index in [2.05, 4.69) is 22.4 Å². The molecule has 0 bridgehead atoms. The lowest BCUT2D eigenvalue weighted by Gasteiger charge is -2.06. The molecule has 2 rings (SSSR count). The molecule has 1 aliphatic heterocycles. The summed E-state index contributed by atoms with van der Waals surface area (Å²) in [7, 11) is 0. The second kappa shape index (κ2) is 4.72. The third-order valence-electron chi connectivity index (χ3n) is 2.62. The maximum Gasteiger partial charge on any atom is 0.233 e. The summed E-state index contributed by atoms with van der Waals surface area (Å²) in [4.78, 5) is 0. The highest BCUT2D eigenvalue weighted by atomic mass is 16.5. The summed E-state index contributed by atoms with van der Waals surface area (Å²) >= 11 is 0. The molecule has 0 amide bonds. The lowest BCUT2D eigenvalue weighted by atomic mass is 10.1. The molecule has 1 N–H and O–H groups in total. The van der Waals surface area contributed by atoms with Crippen LogP contribution in [-0.4, -0.2) is 30.0 Å². The number of rotatable bonds is 4. The van der Waals surface area contributed by atoms with Crippen molar-refractivity contribution in [3.63, 3.8) is 0 Å². The third kappa shape index (κ3) is 2.35. The van der Waals surface area contributed by atoms with Gasteiger partial charge in [0.2, 0.25) is 11.8 Å². The molecule has 2 heterocycles. The van der Waals surface area contributed by atoms with Gasteiger partial charge in [0.25, 0.3) is 0 Å². The van der Waals surface area contributed by atoms with Crippen LogP contribution in [-0.2, 0) is 4.74 Å². The van der Waals surface area contributed by atoms with Gasteiger partial charge in [-0.25, -0.2) is 0 Å². The molecule has 5 heteroatoms. The van der Waals surface area contributed by atoms with Crippen LogP contribution in [0, 0.1) is 0 Å². The van der Waals surface area contributed by atoms with Crippen LogP contribution in [0.5, 0.6) is 0 Å². The third-order valence-corrected chi connectivity index (χ3v) is 2.62. The topological polar surface area (TPSA) is 60.2 Å². The molecule has 84 valence electrons. The van der Waals surface area contributed by atoms with E-state index in [1.807, 2.05) is 6.92 Å². The van der Waals surface area contributed by atoms with E-state index in [1.165, 1.54) is 0 Å². The number of aromatic nitrogens is 2. The molecule has 1 fully saturated rings. The maximum atomic E-state index is 5.62. The molecule has 0 saturated carbocycles. The van der Waals surface area contributed by atoms with Crippen LogP contribution in [0.4, 0.5) is 0 Å². The molecule has 0 aliphatic carbocycles. The van der Waals surface area contributed by atoms with Crippen LogP contribution in [0.1, 0.15) is 44.0 Å². The number of hydrogen-bond donors (Lipinski definition) is 1. The summed E-state index contributed by atoms with van der Waals surface area (Å²) in [6.45, 7) is 6.47. The van der Waals surface area contributed by atoms with Gasteiger partial charge in [-0.15, -0.1) is 10.2 Å². The zero-order chi connectivity index (χ0) is 10.7. The lowest BCUT2D eigenvalue weighted by molar-refractivity contribution is 0.190. The van der Waals surface area contributed by atoms with Gasteiger partial charge in [-0.1, -0.05) is 6.92 Å². The van der Waals surface area contributed by atoms with E-state index in [0.717, 1.165) is 19.6 Å². The second-order valence-corrected chi connectivity index (χ2v) is 3.82. The van der Waals surface area contributed by atoms with Crippen LogP contribution in [0.2, 0.25) is 0 Å². The lowest BCUT2D eigenvalue weighted by Crippen LogP contribution is -2.17. The minimum Gasteiger partial charge on any atom is -0.423 e. The molecule has 1 aromatic heterocycles.